The van der Waals surface area contributed by atoms with Crippen LogP contribution in [0.25, 0.3) is 0 Å². The number of rotatable bonds is 3. The van der Waals surface area contributed by atoms with E-state index in [1.807, 2.05) is 25.9 Å². The molecule has 0 aliphatic rings. The minimum atomic E-state index is 0.329. The summed E-state index contributed by atoms with van der Waals surface area (Å²) in [5.74, 6) is 0. The van der Waals surface area contributed by atoms with Crippen LogP contribution in [0, 0.1) is 0 Å². The Morgan fingerprint density at radius 3 is 2.44 bits per heavy atom. The normalized spacial score (nSPS) is 14.7. The Balaban J connectivity index is 3.61. The lowest BCUT2D eigenvalue weighted by atomic mass is 10.3. The predicted molar refractivity (Wildman–Crippen MR) is 41.2 cm³/mol. The summed E-state index contributed by atoms with van der Waals surface area (Å²) in [4.78, 5) is 2.04. The molecule has 9 heavy (non-hydrogen) atoms. The lowest BCUT2D eigenvalue weighted by molar-refractivity contribution is 0.386. The van der Waals surface area contributed by atoms with Gasteiger partial charge in [0, 0.05) is 19.0 Å². The second kappa shape index (κ2) is 4.21. The lowest BCUT2D eigenvalue weighted by Gasteiger charge is -2.13. The van der Waals surface area contributed by atoms with Crippen molar-refractivity contribution >= 4 is 12.9 Å². The smallest absolute Gasteiger partial charge is 0.0439 e. The van der Waals surface area contributed by atoms with Gasteiger partial charge in [-0.2, -0.15) is 10.2 Å². The maximum Gasteiger partial charge on any atom is 0.0439 e. The minimum absolute atomic E-state index is 0.329. The molecule has 0 saturated heterocycles. The second-order valence-corrected chi connectivity index (χ2v) is 2.11. The zero-order valence-corrected chi connectivity index (χ0v) is 6.20. The molecule has 0 heterocycles. The fourth-order valence-electron chi connectivity index (χ4n) is 0.277. The SMILES string of the molecule is C=N/N=C\C(C)N(C)C. The summed E-state index contributed by atoms with van der Waals surface area (Å²) >= 11 is 0. The fourth-order valence-corrected chi connectivity index (χ4v) is 0.277. The van der Waals surface area contributed by atoms with Gasteiger partial charge in [-0.05, 0) is 21.0 Å². The Hall–Kier alpha value is -0.700. The molecule has 1 unspecified atom stereocenters. The fraction of sp³-hybridized carbons (Fsp3) is 0.667. The molecule has 0 fully saturated rings. The summed E-state index contributed by atoms with van der Waals surface area (Å²) in [5, 5.41) is 6.99. The van der Waals surface area contributed by atoms with Crippen LogP contribution in [0.1, 0.15) is 6.92 Å². The van der Waals surface area contributed by atoms with Crippen molar-refractivity contribution in [2.24, 2.45) is 10.2 Å². The van der Waals surface area contributed by atoms with Gasteiger partial charge in [0.1, 0.15) is 0 Å². The molecule has 0 N–H and O–H groups in total. The van der Waals surface area contributed by atoms with Crippen LogP contribution in [0.3, 0.4) is 0 Å². The van der Waals surface area contributed by atoms with Gasteiger partial charge in [0.25, 0.3) is 0 Å². The molecule has 3 nitrogen and oxygen atoms in total. The molecule has 0 aromatic carbocycles. The van der Waals surface area contributed by atoms with Gasteiger partial charge in [-0.1, -0.05) is 0 Å². The third-order valence-corrected chi connectivity index (χ3v) is 1.18. The van der Waals surface area contributed by atoms with Gasteiger partial charge < -0.3 is 4.90 Å². The van der Waals surface area contributed by atoms with E-state index in [2.05, 4.69) is 16.9 Å². The van der Waals surface area contributed by atoms with Gasteiger partial charge in [0.05, 0.1) is 0 Å². The van der Waals surface area contributed by atoms with Crippen LogP contribution < -0.4 is 0 Å². The third kappa shape index (κ3) is 3.85. The standard InChI is InChI=1S/C6H13N3/c1-6(9(3)4)5-8-7-2/h5-6H,2H2,1,3-4H3/b8-5-. The molecular weight excluding hydrogens is 114 g/mol. The van der Waals surface area contributed by atoms with E-state index >= 15 is 0 Å². The third-order valence-electron chi connectivity index (χ3n) is 1.18. The Morgan fingerprint density at radius 2 is 2.11 bits per heavy atom. The first kappa shape index (κ1) is 8.30. The van der Waals surface area contributed by atoms with Gasteiger partial charge in [0.15, 0.2) is 0 Å². The largest absolute Gasteiger partial charge is 0.302 e. The van der Waals surface area contributed by atoms with Gasteiger partial charge in [-0.3, -0.25) is 0 Å². The maximum atomic E-state index is 3.64. The number of hydrogen-bond acceptors (Lipinski definition) is 3. The van der Waals surface area contributed by atoms with Crippen molar-refractivity contribution in [3.63, 3.8) is 0 Å². The van der Waals surface area contributed by atoms with Crippen LogP contribution >= 0.6 is 0 Å². The highest BCUT2D eigenvalue weighted by Crippen LogP contribution is 1.85. The summed E-state index contributed by atoms with van der Waals surface area (Å²) in [7, 11) is 3.97. The summed E-state index contributed by atoms with van der Waals surface area (Å²) in [5.41, 5.74) is 0. The van der Waals surface area contributed by atoms with Gasteiger partial charge in [0.2, 0.25) is 0 Å². The van der Waals surface area contributed by atoms with E-state index in [-0.39, 0.29) is 0 Å². The summed E-state index contributed by atoms with van der Waals surface area (Å²) in [6, 6.07) is 0.329. The Labute approximate surface area is 56.1 Å². The van der Waals surface area contributed by atoms with Crippen LogP contribution in [0.15, 0.2) is 10.2 Å². The van der Waals surface area contributed by atoms with Crippen molar-refractivity contribution in [2.45, 2.75) is 13.0 Å². The molecular formula is C6H13N3. The van der Waals surface area contributed by atoms with E-state index < -0.39 is 0 Å². The van der Waals surface area contributed by atoms with Crippen molar-refractivity contribution in [1.29, 1.82) is 0 Å². The zero-order chi connectivity index (χ0) is 7.28. The summed E-state index contributed by atoms with van der Waals surface area (Å²) in [6.07, 6.45) is 1.74. The Morgan fingerprint density at radius 1 is 1.56 bits per heavy atom. The minimum Gasteiger partial charge on any atom is -0.302 e. The van der Waals surface area contributed by atoms with Crippen LogP contribution in [0.2, 0.25) is 0 Å². The molecule has 3 heteroatoms. The van der Waals surface area contributed by atoms with E-state index in [1.54, 1.807) is 6.21 Å². The monoisotopic (exact) mass is 127 g/mol. The topological polar surface area (TPSA) is 28.0 Å². The van der Waals surface area contributed by atoms with E-state index in [0.717, 1.165) is 0 Å². The highest BCUT2D eigenvalue weighted by Gasteiger charge is 1.97. The maximum absolute atomic E-state index is 3.64. The van der Waals surface area contributed by atoms with Gasteiger partial charge >= 0.3 is 0 Å². The van der Waals surface area contributed by atoms with E-state index in [9.17, 15) is 0 Å². The van der Waals surface area contributed by atoms with Crippen LogP contribution in [-0.2, 0) is 0 Å². The first-order valence-electron chi connectivity index (χ1n) is 2.84. The Kier molecular flexibility index (Phi) is 3.88. The number of hydrogen-bond donors (Lipinski definition) is 0. The zero-order valence-electron chi connectivity index (χ0n) is 6.20. The van der Waals surface area contributed by atoms with Gasteiger partial charge in [-0.15, -0.1) is 0 Å². The quantitative estimate of drug-likeness (QED) is 0.403. The second-order valence-electron chi connectivity index (χ2n) is 2.11. The van der Waals surface area contributed by atoms with Crippen molar-refractivity contribution in [1.82, 2.24) is 4.90 Å². The van der Waals surface area contributed by atoms with Crippen molar-refractivity contribution in [3.8, 4) is 0 Å². The average Bonchev–Trinajstić information content (AvgIpc) is 1.82. The first-order chi connectivity index (χ1) is 4.18. The number of nitrogens with zero attached hydrogens (tertiary/aromatic N) is 3. The molecule has 0 spiro atoms. The molecule has 1 atom stereocenters. The van der Waals surface area contributed by atoms with Gasteiger partial charge in [-0.25, -0.2) is 0 Å². The van der Waals surface area contributed by atoms with Crippen molar-refractivity contribution in [2.75, 3.05) is 14.1 Å². The van der Waals surface area contributed by atoms with E-state index in [1.165, 1.54) is 0 Å². The first-order valence-corrected chi connectivity index (χ1v) is 2.84. The molecule has 0 rings (SSSR count). The molecule has 0 amide bonds. The Bertz CT molecular complexity index is 107. The lowest BCUT2D eigenvalue weighted by Crippen LogP contribution is -2.25. The molecule has 0 aromatic heterocycles. The van der Waals surface area contributed by atoms with Crippen molar-refractivity contribution in [3.05, 3.63) is 0 Å². The molecule has 52 valence electrons. The summed E-state index contributed by atoms with van der Waals surface area (Å²) < 4.78 is 0. The highest BCUT2D eigenvalue weighted by molar-refractivity contribution is 5.63. The predicted octanol–water partition coefficient (Wildman–Crippen LogP) is 0.623. The van der Waals surface area contributed by atoms with Crippen LogP contribution in [0.4, 0.5) is 0 Å². The molecule has 0 saturated carbocycles. The van der Waals surface area contributed by atoms with Crippen LogP contribution in [-0.4, -0.2) is 38.0 Å². The van der Waals surface area contributed by atoms with E-state index in [0.29, 0.717) is 6.04 Å². The van der Waals surface area contributed by atoms with Crippen molar-refractivity contribution < 1.29 is 0 Å². The summed E-state index contributed by atoms with van der Waals surface area (Å²) in [6.45, 7) is 5.26. The average molecular weight is 127 g/mol. The van der Waals surface area contributed by atoms with Crippen LogP contribution in [0.5, 0.6) is 0 Å². The molecule has 0 aliphatic heterocycles. The molecule has 0 aromatic rings. The molecule has 0 bridgehead atoms. The van der Waals surface area contributed by atoms with E-state index in [4.69, 9.17) is 0 Å². The molecule has 0 radical (unpaired) electrons. The molecule has 0 aliphatic carbocycles. The highest BCUT2D eigenvalue weighted by atomic mass is 15.2.